The topological polar surface area (TPSA) is 47.6 Å². The molecule has 0 aliphatic heterocycles. The summed E-state index contributed by atoms with van der Waals surface area (Å²) in [7, 11) is 0. The van der Waals surface area contributed by atoms with Gasteiger partial charge in [0.2, 0.25) is 0 Å². The Morgan fingerprint density at radius 2 is 1.46 bits per heavy atom. The first-order chi connectivity index (χ1) is 12.7. The average Bonchev–Trinajstić information content (AvgIpc) is 2.68. The predicted octanol–water partition coefficient (Wildman–Crippen LogP) is 4.54. The first kappa shape index (κ1) is 17.5. The van der Waals surface area contributed by atoms with Crippen molar-refractivity contribution in [3.05, 3.63) is 90.2 Å². The van der Waals surface area contributed by atoms with Crippen LogP contribution in [0.5, 0.6) is 11.5 Å². The van der Waals surface area contributed by atoms with E-state index in [1.807, 2.05) is 18.2 Å². The molecule has 0 radical (unpaired) electrons. The van der Waals surface area contributed by atoms with E-state index in [1.165, 1.54) is 6.07 Å². The van der Waals surface area contributed by atoms with Gasteiger partial charge in [-0.15, -0.1) is 0 Å². The summed E-state index contributed by atoms with van der Waals surface area (Å²) >= 11 is 0. The zero-order valence-corrected chi connectivity index (χ0v) is 14.0. The van der Waals surface area contributed by atoms with Crippen molar-refractivity contribution in [1.29, 1.82) is 0 Å². The largest absolute Gasteiger partial charge is 0.490 e. The predicted molar refractivity (Wildman–Crippen MR) is 98.2 cm³/mol. The summed E-state index contributed by atoms with van der Waals surface area (Å²) in [6, 6.07) is 22.2. The lowest BCUT2D eigenvalue weighted by molar-refractivity contribution is 0.102. The van der Waals surface area contributed by atoms with Gasteiger partial charge in [0.25, 0.3) is 5.91 Å². The van der Waals surface area contributed by atoms with E-state index in [9.17, 15) is 9.18 Å². The molecular formula is C21H18FNO3. The molecule has 0 heterocycles. The Labute approximate surface area is 151 Å². The summed E-state index contributed by atoms with van der Waals surface area (Å²) < 4.78 is 24.3. The van der Waals surface area contributed by atoms with Gasteiger partial charge in [-0.1, -0.05) is 30.3 Å². The SMILES string of the molecule is O=C(Nc1ccc(OCCOc2ccccc2F)cc1)c1ccccc1. The van der Waals surface area contributed by atoms with Crippen LogP contribution < -0.4 is 14.8 Å². The van der Waals surface area contributed by atoms with Gasteiger partial charge in [-0.25, -0.2) is 4.39 Å². The summed E-state index contributed by atoms with van der Waals surface area (Å²) in [5.41, 5.74) is 1.27. The molecule has 0 saturated carbocycles. The molecule has 3 aromatic carbocycles. The highest BCUT2D eigenvalue weighted by molar-refractivity contribution is 6.04. The number of anilines is 1. The third-order valence-corrected chi connectivity index (χ3v) is 3.59. The van der Waals surface area contributed by atoms with Crippen molar-refractivity contribution >= 4 is 11.6 Å². The highest BCUT2D eigenvalue weighted by atomic mass is 19.1. The lowest BCUT2D eigenvalue weighted by Gasteiger charge is -2.10. The van der Waals surface area contributed by atoms with E-state index in [4.69, 9.17) is 9.47 Å². The molecule has 1 N–H and O–H groups in total. The number of benzene rings is 3. The average molecular weight is 351 g/mol. The van der Waals surface area contributed by atoms with Crippen LogP contribution in [-0.4, -0.2) is 19.1 Å². The molecule has 0 spiro atoms. The van der Waals surface area contributed by atoms with E-state index in [0.717, 1.165) is 0 Å². The van der Waals surface area contributed by atoms with Gasteiger partial charge in [-0.05, 0) is 48.5 Å². The second kappa shape index (κ2) is 8.67. The highest BCUT2D eigenvalue weighted by Crippen LogP contribution is 2.18. The normalized spacial score (nSPS) is 10.2. The number of carbonyl (C=O) groups excluding carboxylic acids is 1. The van der Waals surface area contributed by atoms with E-state index in [2.05, 4.69) is 5.32 Å². The highest BCUT2D eigenvalue weighted by Gasteiger charge is 2.05. The van der Waals surface area contributed by atoms with Crippen molar-refractivity contribution in [2.24, 2.45) is 0 Å². The number of carbonyl (C=O) groups is 1. The minimum Gasteiger partial charge on any atom is -0.490 e. The molecule has 3 aromatic rings. The number of amides is 1. The zero-order valence-electron chi connectivity index (χ0n) is 14.0. The van der Waals surface area contributed by atoms with E-state index in [1.54, 1.807) is 54.6 Å². The van der Waals surface area contributed by atoms with Crippen molar-refractivity contribution in [3.63, 3.8) is 0 Å². The van der Waals surface area contributed by atoms with Crippen molar-refractivity contribution in [1.82, 2.24) is 0 Å². The standard InChI is InChI=1S/C21H18FNO3/c22-19-8-4-5-9-20(19)26-15-14-25-18-12-10-17(11-13-18)23-21(24)16-6-2-1-3-7-16/h1-13H,14-15H2,(H,23,24). The molecule has 0 fully saturated rings. The molecule has 0 aliphatic carbocycles. The van der Waals surface area contributed by atoms with Gasteiger partial charge in [-0.3, -0.25) is 4.79 Å². The summed E-state index contributed by atoms with van der Waals surface area (Å²) in [6.07, 6.45) is 0. The number of hydrogen-bond acceptors (Lipinski definition) is 3. The number of ether oxygens (including phenoxy) is 2. The minimum absolute atomic E-state index is 0.169. The Balaban J connectivity index is 1.46. The lowest BCUT2D eigenvalue weighted by Crippen LogP contribution is -2.12. The van der Waals surface area contributed by atoms with Crippen LogP contribution in [0.25, 0.3) is 0 Å². The first-order valence-corrected chi connectivity index (χ1v) is 8.19. The fourth-order valence-electron chi connectivity index (χ4n) is 2.30. The van der Waals surface area contributed by atoms with Crippen LogP contribution >= 0.6 is 0 Å². The molecule has 5 heteroatoms. The van der Waals surface area contributed by atoms with Crippen molar-refractivity contribution < 1.29 is 18.7 Å². The quantitative estimate of drug-likeness (QED) is 0.636. The van der Waals surface area contributed by atoms with Gasteiger partial charge in [0.15, 0.2) is 11.6 Å². The fourth-order valence-corrected chi connectivity index (χ4v) is 2.30. The maximum Gasteiger partial charge on any atom is 0.255 e. The molecule has 132 valence electrons. The second-order valence-corrected chi connectivity index (χ2v) is 5.47. The van der Waals surface area contributed by atoms with Crippen molar-refractivity contribution in [2.75, 3.05) is 18.5 Å². The molecule has 4 nitrogen and oxygen atoms in total. The van der Waals surface area contributed by atoms with Gasteiger partial charge in [0.05, 0.1) is 0 Å². The maximum atomic E-state index is 13.4. The molecule has 0 aromatic heterocycles. The number of nitrogens with one attached hydrogen (secondary N) is 1. The summed E-state index contributed by atoms with van der Waals surface area (Å²) in [6.45, 7) is 0.511. The Morgan fingerprint density at radius 1 is 0.808 bits per heavy atom. The third-order valence-electron chi connectivity index (χ3n) is 3.59. The summed E-state index contributed by atoms with van der Waals surface area (Å²) in [5, 5.41) is 2.82. The number of halogens is 1. The second-order valence-electron chi connectivity index (χ2n) is 5.47. The number of para-hydroxylation sites is 1. The molecule has 0 bridgehead atoms. The Kier molecular flexibility index (Phi) is 5.83. The van der Waals surface area contributed by atoms with E-state index in [-0.39, 0.29) is 24.9 Å². The molecule has 3 rings (SSSR count). The van der Waals surface area contributed by atoms with Crippen LogP contribution in [0.3, 0.4) is 0 Å². The smallest absolute Gasteiger partial charge is 0.255 e. The van der Waals surface area contributed by atoms with E-state index in [0.29, 0.717) is 17.0 Å². The zero-order chi connectivity index (χ0) is 18.2. The van der Waals surface area contributed by atoms with Crippen LogP contribution in [0, 0.1) is 5.82 Å². The van der Waals surface area contributed by atoms with Gasteiger partial charge in [-0.2, -0.15) is 0 Å². The third kappa shape index (κ3) is 4.83. The first-order valence-electron chi connectivity index (χ1n) is 8.19. The van der Waals surface area contributed by atoms with E-state index < -0.39 is 5.82 Å². The Bertz CT molecular complexity index is 851. The Morgan fingerprint density at radius 3 is 2.19 bits per heavy atom. The molecule has 0 atom stereocenters. The van der Waals surface area contributed by atoms with Gasteiger partial charge >= 0.3 is 0 Å². The molecule has 0 saturated heterocycles. The van der Waals surface area contributed by atoms with Gasteiger partial charge in [0, 0.05) is 11.3 Å². The van der Waals surface area contributed by atoms with E-state index >= 15 is 0 Å². The van der Waals surface area contributed by atoms with Crippen LogP contribution in [0.2, 0.25) is 0 Å². The van der Waals surface area contributed by atoms with Crippen LogP contribution in [0.4, 0.5) is 10.1 Å². The maximum absolute atomic E-state index is 13.4. The molecular weight excluding hydrogens is 333 g/mol. The van der Waals surface area contributed by atoms with Crippen molar-refractivity contribution in [2.45, 2.75) is 0 Å². The molecule has 0 unspecified atom stereocenters. The summed E-state index contributed by atoms with van der Waals surface area (Å²) in [5.74, 6) is 0.276. The molecule has 26 heavy (non-hydrogen) atoms. The molecule has 0 aliphatic rings. The van der Waals surface area contributed by atoms with Crippen molar-refractivity contribution in [3.8, 4) is 11.5 Å². The number of hydrogen-bond donors (Lipinski definition) is 1. The lowest BCUT2D eigenvalue weighted by atomic mass is 10.2. The van der Waals surface area contributed by atoms with Gasteiger partial charge in [0.1, 0.15) is 19.0 Å². The molecule has 1 amide bonds. The van der Waals surface area contributed by atoms with Crippen LogP contribution in [0.15, 0.2) is 78.9 Å². The van der Waals surface area contributed by atoms with Crippen LogP contribution in [-0.2, 0) is 0 Å². The minimum atomic E-state index is -0.397. The summed E-state index contributed by atoms with van der Waals surface area (Å²) in [4.78, 5) is 12.1. The van der Waals surface area contributed by atoms with Gasteiger partial charge < -0.3 is 14.8 Å². The monoisotopic (exact) mass is 351 g/mol. The Hall–Kier alpha value is -3.34. The number of rotatable bonds is 7. The fraction of sp³-hybridized carbons (Fsp3) is 0.0952. The van der Waals surface area contributed by atoms with Crippen LogP contribution in [0.1, 0.15) is 10.4 Å².